The molecule has 2 atom stereocenters. The zero-order valence-electron chi connectivity index (χ0n) is 15.6. The molecule has 24 heavy (non-hydrogen) atoms. The first kappa shape index (κ1) is 22.9. The SMILES string of the molecule is CCCCCCCCCCCCCC(C)OC(=O)[C@@H](N)CC(=O)O. The van der Waals surface area contributed by atoms with Crippen LogP contribution in [0.15, 0.2) is 0 Å². The van der Waals surface area contributed by atoms with Crippen molar-refractivity contribution in [3.05, 3.63) is 0 Å². The number of rotatable bonds is 16. The van der Waals surface area contributed by atoms with Gasteiger partial charge in [0, 0.05) is 0 Å². The van der Waals surface area contributed by atoms with Crippen LogP contribution >= 0.6 is 0 Å². The predicted molar refractivity (Wildman–Crippen MR) is 96.9 cm³/mol. The molecule has 0 aromatic heterocycles. The second-order valence-corrected chi connectivity index (χ2v) is 6.78. The van der Waals surface area contributed by atoms with Gasteiger partial charge in [-0.1, -0.05) is 71.1 Å². The zero-order chi connectivity index (χ0) is 18.2. The minimum absolute atomic E-state index is 0.198. The van der Waals surface area contributed by atoms with Gasteiger partial charge in [-0.25, -0.2) is 0 Å². The number of hydrogen-bond acceptors (Lipinski definition) is 4. The maximum atomic E-state index is 11.6. The lowest BCUT2D eigenvalue weighted by Gasteiger charge is -2.15. The third kappa shape index (κ3) is 14.5. The Morgan fingerprint density at radius 3 is 1.83 bits per heavy atom. The van der Waals surface area contributed by atoms with Gasteiger partial charge in [-0.05, 0) is 19.8 Å². The van der Waals surface area contributed by atoms with Gasteiger partial charge >= 0.3 is 11.9 Å². The molecule has 0 aliphatic heterocycles. The van der Waals surface area contributed by atoms with Gasteiger partial charge < -0.3 is 15.6 Å². The summed E-state index contributed by atoms with van der Waals surface area (Å²) in [5.74, 6) is -1.70. The van der Waals surface area contributed by atoms with Crippen LogP contribution in [0.5, 0.6) is 0 Å². The predicted octanol–water partition coefficient (Wildman–Crippen LogP) is 4.42. The lowest BCUT2D eigenvalue weighted by atomic mass is 10.0. The second kappa shape index (κ2) is 15.4. The summed E-state index contributed by atoms with van der Waals surface area (Å²) in [6, 6.07) is -1.07. The smallest absolute Gasteiger partial charge is 0.323 e. The van der Waals surface area contributed by atoms with Crippen LogP contribution in [0.4, 0.5) is 0 Å². The summed E-state index contributed by atoms with van der Waals surface area (Å²) in [4.78, 5) is 22.1. The highest BCUT2D eigenvalue weighted by Gasteiger charge is 2.20. The van der Waals surface area contributed by atoms with Crippen molar-refractivity contribution in [2.45, 2.75) is 109 Å². The van der Waals surface area contributed by atoms with E-state index in [-0.39, 0.29) is 12.5 Å². The van der Waals surface area contributed by atoms with Crippen molar-refractivity contribution in [1.29, 1.82) is 0 Å². The quantitative estimate of drug-likeness (QED) is 0.320. The third-order valence-electron chi connectivity index (χ3n) is 4.23. The highest BCUT2D eigenvalue weighted by Crippen LogP contribution is 2.13. The standard InChI is InChI=1S/C19H37NO4/c1-3-4-5-6-7-8-9-10-11-12-13-14-16(2)24-19(23)17(20)15-18(21)22/h16-17H,3-15,20H2,1-2H3,(H,21,22)/t16?,17-/m0/s1. The first-order valence-corrected chi connectivity index (χ1v) is 9.65. The van der Waals surface area contributed by atoms with Crippen LogP contribution < -0.4 is 5.73 Å². The maximum absolute atomic E-state index is 11.6. The minimum Gasteiger partial charge on any atom is -0.481 e. The number of carboxylic acid groups (broad SMARTS) is 1. The molecule has 142 valence electrons. The first-order chi connectivity index (χ1) is 11.5. The molecule has 0 aliphatic carbocycles. The van der Waals surface area contributed by atoms with E-state index in [1.807, 2.05) is 6.92 Å². The van der Waals surface area contributed by atoms with E-state index in [0.717, 1.165) is 19.3 Å². The number of carbonyl (C=O) groups excluding carboxylic acids is 1. The molecule has 5 nitrogen and oxygen atoms in total. The van der Waals surface area contributed by atoms with Crippen molar-refractivity contribution in [2.24, 2.45) is 5.73 Å². The van der Waals surface area contributed by atoms with Crippen LogP contribution in [-0.4, -0.2) is 29.2 Å². The van der Waals surface area contributed by atoms with E-state index in [9.17, 15) is 9.59 Å². The number of ether oxygens (including phenoxy) is 1. The van der Waals surface area contributed by atoms with Gasteiger partial charge in [0.15, 0.2) is 0 Å². The maximum Gasteiger partial charge on any atom is 0.323 e. The van der Waals surface area contributed by atoms with Gasteiger partial charge in [-0.2, -0.15) is 0 Å². The van der Waals surface area contributed by atoms with Crippen molar-refractivity contribution < 1.29 is 19.4 Å². The molecule has 0 aromatic carbocycles. The Balaban J connectivity index is 3.44. The third-order valence-corrected chi connectivity index (χ3v) is 4.23. The molecule has 0 saturated heterocycles. The van der Waals surface area contributed by atoms with Gasteiger partial charge in [0.2, 0.25) is 0 Å². The van der Waals surface area contributed by atoms with Crippen LogP contribution in [0.25, 0.3) is 0 Å². The highest BCUT2D eigenvalue weighted by molar-refractivity contribution is 5.81. The number of esters is 1. The summed E-state index contributed by atoms with van der Waals surface area (Å²) in [6.45, 7) is 4.08. The number of aliphatic carboxylic acids is 1. The number of carbonyl (C=O) groups is 2. The van der Waals surface area contributed by atoms with E-state index < -0.39 is 18.0 Å². The van der Waals surface area contributed by atoms with E-state index in [1.165, 1.54) is 57.8 Å². The van der Waals surface area contributed by atoms with Gasteiger partial charge in [0.05, 0.1) is 12.5 Å². The fourth-order valence-corrected chi connectivity index (χ4v) is 2.71. The Morgan fingerprint density at radius 2 is 1.38 bits per heavy atom. The monoisotopic (exact) mass is 343 g/mol. The molecule has 3 N–H and O–H groups in total. The Labute approximate surface area is 147 Å². The molecule has 0 saturated carbocycles. The van der Waals surface area contributed by atoms with E-state index in [4.69, 9.17) is 15.6 Å². The lowest BCUT2D eigenvalue weighted by molar-refractivity contribution is -0.153. The fraction of sp³-hybridized carbons (Fsp3) is 0.895. The van der Waals surface area contributed by atoms with Crippen molar-refractivity contribution in [3.8, 4) is 0 Å². The van der Waals surface area contributed by atoms with Crippen LogP contribution in [0.1, 0.15) is 97.3 Å². The van der Waals surface area contributed by atoms with Gasteiger partial charge in [0.25, 0.3) is 0 Å². The Hall–Kier alpha value is -1.10. The summed E-state index contributed by atoms with van der Waals surface area (Å²) in [7, 11) is 0. The largest absolute Gasteiger partial charge is 0.481 e. The average molecular weight is 344 g/mol. The average Bonchev–Trinajstić information content (AvgIpc) is 2.51. The first-order valence-electron chi connectivity index (χ1n) is 9.65. The zero-order valence-corrected chi connectivity index (χ0v) is 15.6. The Bertz CT molecular complexity index is 333. The summed E-state index contributed by atoms with van der Waals surface area (Å²) < 4.78 is 5.18. The van der Waals surface area contributed by atoms with Crippen molar-refractivity contribution in [1.82, 2.24) is 0 Å². The number of carboxylic acids is 1. The molecule has 0 spiro atoms. The molecular weight excluding hydrogens is 306 g/mol. The lowest BCUT2D eigenvalue weighted by Crippen LogP contribution is -2.36. The molecule has 0 amide bonds. The number of nitrogens with two attached hydrogens (primary N) is 1. The molecule has 1 unspecified atom stereocenters. The van der Waals surface area contributed by atoms with Gasteiger partial charge in [-0.15, -0.1) is 0 Å². The van der Waals surface area contributed by atoms with Crippen molar-refractivity contribution >= 4 is 11.9 Å². The van der Waals surface area contributed by atoms with Crippen LogP contribution in [0, 0.1) is 0 Å². The van der Waals surface area contributed by atoms with Crippen LogP contribution in [-0.2, 0) is 14.3 Å². The van der Waals surface area contributed by atoms with Crippen molar-refractivity contribution in [3.63, 3.8) is 0 Å². The van der Waals surface area contributed by atoms with E-state index >= 15 is 0 Å². The van der Waals surface area contributed by atoms with E-state index in [0.29, 0.717) is 0 Å². The Kier molecular flexibility index (Phi) is 14.7. The van der Waals surface area contributed by atoms with E-state index in [2.05, 4.69) is 6.92 Å². The van der Waals surface area contributed by atoms with Gasteiger partial charge in [-0.3, -0.25) is 9.59 Å². The second-order valence-electron chi connectivity index (χ2n) is 6.78. The van der Waals surface area contributed by atoms with Crippen LogP contribution in [0.3, 0.4) is 0 Å². The topological polar surface area (TPSA) is 89.6 Å². The summed E-state index contributed by atoms with van der Waals surface area (Å²) in [6.07, 6.45) is 14.4. The minimum atomic E-state index is -1.09. The fourth-order valence-electron chi connectivity index (χ4n) is 2.71. The van der Waals surface area contributed by atoms with Crippen LogP contribution in [0.2, 0.25) is 0 Å². The molecule has 0 bridgehead atoms. The summed E-state index contributed by atoms with van der Waals surface area (Å²) in [5, 5.41) is 8.60. The number of unbranched alkanes of at least 4 members (excludes halogenated alkanes) is 10. The highest BCUT2D eigenvalue weighted by atomic mass is 16.5. The Morgan fingerprint density at radius 1 is 0.917 bits per heavy atom. The molecule has 0 fully saturated rings. The molecule has 0 radical (unpaired) electrons. The molecular formula is C19H37NO4. The molecule has 0 aromatic rings. The molecule has 0 aliphatic rings. The summed E-state index contributed by atoms with van der Waals surface area (Å²) in [5.41, 5.74) is 5.47. The summed E-state index contributed by atoms with van der Waals surface area (Å²) >= 11 is 0. The molecule has 5 heteroatoms. The van der Waals surface area contributed by atoms with Crippen molar-refractivity contribution in [2.75, 3.05) is 0 Å². The van der Waals surface area contributed by atoms with Gasteiger partial charge in [0.1, 0.15) is 6.04 Å². The molecule has 0 heterocycles. The molecule has 0 rings (SSSR count). The van der Waals surface area contributed by atoms with E-state index in [1.54, 1.807) is 0 Å². The normalized spacial score (nSPS) is 13.5. The number of hydrogen-bond donors (Lipinski definition) is 2.